The maximum Gasteiger partial charge on any atom is 0.319 e. The molecule has 16 heavy (non-hydrogen) atoms. The van der Waals surface area contributed by atoms with Crippen molar-refractivity contribution in [1.29, 1.82) is 0 Å². The van der Waals surface area contributed by atoms with E-state index in [0.717, 1.165) is 0 Å². The summed E-state index contributed by atoms with van der Waals surface area (Å²) in [6, 6.07) is 3.76. The van der Waals surface area contributed by atoms with E-state index in [1.165, 1.54) is 18.2 Å². The first-order valence-corrected chi connectivity index (χ1v) is 5.32. The van der Waals surface area contributed by atoms with Crippen LogP contribution in [0.5, 0.6) is 0 Å². The Hall–Kier alpha value is -1.63. The van der Waals surface area contributed by atoms with Gasteiger partial charge >= 0.3 is 6.03 Å². The van der Waals surface area contributed by atoms with E-state index in [9.17, 15) is 14.9 Å². The lowest BCUT2D eigenvalue weighted by atomic mass is 10.3. The zero-order chi connectivity index (χ0) is 12.1. The summed E-state index contributed by atoms with van der Waals surface area (Å²) in [5.74, 6) is 0. The van der Waals surface area contributed by atoms with Crippen molar-refractivity contribution in [2.45, 2.75) is 6.92 Å². The van der Waals surface area contributed by atoms with E-state index in [1.54, 1.807) is 6.92 Å². The fourth-order valence-corrected chi connectivity index (χ4v) is 1.40. The van der Waals surface area contributed by atoms with Crippen LogP contribution in [0.15, 0.2) is 22.7 Å². The second kappa shape index (κ2) is 5.45. The van der Waals surface area contributed by atoms with E-state index >= 15 is 0 Å². The summed E-state index contributed by atoms with van der Waals surface area (Å²) in [6.45, 7) is 2.26. The first-order valence-electron chi connectivity index (χ1n) is 4.53. The average molecular weight is 288 g/mol. The molecule has 0 spiro atoms. The molecule has 2 amide bonds. The summed E-state index contributed by atoms with van der Waals surface area (Å²) >= 11 is 3.19. The van der Waals surface area contributed by atoms with Gasteiger partial charge in [-0.25, -0.2) is 4.79 Å². The number of nitro groups is 1. The Morgan fingerprint density at radius 3 is 2.81 bits per heavy atom. The SMILES string of the molecule is CCNC(=O)Nc1cc([N+](=O)[O-])ccc1Br. The summed E-state index contributed by atoms with van der Waals surface area (Å²) in [4.78, 5) is 21.3. The van der Waals surface area contributed by atoms with Gasteiger partial charge in [0.25, 0.3) is 5.69 Å². The van der Waals surface area contributed by atoms with Crippen LogP contribution in [0.4, 0.5) is 16.2 Å². The van der Waals surface area contributed by atoms with Gasteiger partial charge < -0.3 is 10.6 Å². The predicted molar refractivity (Wildman–Crippen MR) is 63.5 cm³/mol. The Balaban J connectivity index is 2.90. The molecule has 0 atom stereocenters. The van der Waals surface area contributed by atoms with Crippen LogP contribution in [-0.2, 0) is 0 Å². The molecule has 0 aliphatic heterocycles. The fraction of sp³-hybridized carbons (Fsp3) is 0.222. The van der Waals surface area contributed by atoms with E-state index in [1.807, 2.05) is 0 Å². The fourth-order valence-electron chi connectivity index (χ4n) is 1.05. The molecule has 0 heterocycles. The number of urea groups is 1. The lowest BCUT2D eigenvalue weighted by molar-refractivity contribution is -0.384. The Morgan fingerprint density at radius 1 is 1.56 bits per heavy atom. The Morgan fingerprint density at radius 2 is 2.25 bits per heavy atom. The maximum absolute atomic E-state index is 11.2. The van der Waals surface area contributed by atoms with Crippen molar-refractivity contribution in [3.63, 3.8) is 0 Å². The van der Waals surface area contributed by atoms with Crippen LogP contribution in [0.3, 0.4) is 0 Å². The van der Waals surface area contributed by atoms with Crippen LogP contribution < -0.4 is 10.6 Å². The first-order chi connectivity index (χ1) is 7.54. The number of nitro benzene ring substituents is 1. The second-order valence-electron chi connectivity index (χ2n) is 2.91. The van der Waals surface area contributed by atoms with E-state index in [0.29, 0.717) is 16.7 Å². The Bertz CT molecular complexity index is 422. The van der Waals surface area contributed by atoms with Gasteiger partial charge in [-0.05, 0) is 28.9 Å². The summed E-state index contributed by atoms with van der Waals surface area (Å²) < 4.78 is 0.587. The molecule has 0 saturated heterocycles. The molecule has 0 bridgehead atoms. The average Bonchev–Trinajstić information content (AvgIpc) is 2.21. The molecular weight excluding hydrogens is 278 g/mol. The molecule has 0 radical (unpaired) electrons. The summed E-state index contributed by atoms with van der Waals surface area (Å²) in [5.41, 5.74) is 0.287. The number of benzene rings is 1. The van der Waals surface area contributed by atoms with E-state index in [2.05, 4.69) is 26.6 Å². The molecule has 7 heteroatoms. The monoisotopic (exact) mass is 287 g/mol. The molecular formula is C9H10BrN3O3. The predicted octanol–water partition coefficient (Wildman–Crippen LogP) is 2.50. The topological polar surface area (TPSA) is 84.3 Å². The van der Waals surface area contributed by atoms with Crippen molar-refractivity contribution in [2.24, 2.45) is 0 Å². The molecule has 1 aromatic rings. The van der Waals surface area contributed by atoms with Gasteiger partial charge in [0, 0.05) is 23.2 Å². The molecule has 0 saturated carbocycles. The number of non-ortho nitro benzene ring substituents is 1. The van der Waals surface area contributed by atoms with Gasteiger partial charge in [0.05, 0.1) is 10.6 Å². The normalized spacial score (nSPS) is 9.62. The highest BCUT2D eigenvalue weighted by Crippen LogP contribution is 2.26. The van der Waals surface area contributed by atoms with Crippen molar-refractivity contribution < 1.29 is 9.72 Å². The Labute approximate surface area is 100 Å². The number of carbonyl (C=O) groups is 1. The van der Waals surface area contributed by atoms with Crippen LogP contribution in [-0.4, -0.2) is 17.5 Å². The number of nitrogens with one attached hydrogen (secondary N) is 2. The molecule has 2 N–H and O–H groups in total. The Kier molecular flexibility index (Phi) is 4.24. The molecule has 0 aliphatic carbocycles. The maximum atomic E-state index is 11.2. The van der Waals surface area contributed by atoms with Crippen LogP contribution in [0.1, 0.15) is 6.92 Å². The van der Waals surface area contributed by atoms with Crippen molar-refractivity contribution >= 4 is 33.3 Å². The van der Waals surface area contributed by atoms with Crippen LogP contribution in [0.2, 0.25) is 0 Å². The number of amides is 2. The lowest BCUT2D eigenvalue weighted by Crippen LogP contribution is -2.28. The van der Waals surface area contributed by atoms with Gasteiger partial charge in [-0.2, -0.15) is 0 Å². The van der Waals surface area contributed by atoms with Gasteiger partial charge in [-0.3, -0.25) is 10.1 Å². The van der Waals surface area contributed by atoms with E-state index < -0.39 is 11.0 Å². The molecule has 86 valence electrons. The van der Waals surface area contributed by atoms with E-state index in [-0.39, 0.29) is 5.69 Å². The molecule has 1 aromatic carbocycles. The minimum Gasteiger partial charge on any atom is -0.338 e. The third-order valence-electron chi connectivity index (χ3n) is 1.75. The zero-order valence-corrected chi connectivity index (χ0v) is 10.1. The standard InChI is InChI=1S/C9H10BrN3O3/c1-2-11-9(14)12-8-5-6(13(15)16)3-4-7(8)10/h3-5H,2H2,1H3,(H2,11,12,14). The van der Waals surface area contributed by atoms with Gasteiger partial charge in [0.15, 0.2) is 0 Å². The number of halogens is 1. The van der Waals surface area contributed by atoms with Crippen LogP contribution in [0.25, 0.3) is 0 Å². The third kappa shape index (κ3) is 3.20. The number of carbonyl (C=O) groups excluding carboxylic acids is 1. The highest BCUT2D eigenvalue weighted by atomic mass is 79.9. The summed E-state index contributed by atoms with van der Waals surface area (Å²) in [6.07, 6.45) is 0. The van der Waals surface area contributed by atoms with Gasteiger partial charge in [0.2, 0.25) is 0 Å². The number of nitrogens with zero attached hydrogens (tertiary/aromatic N) is 1. The van der Waals surface area contributed by atoms with Crippen molar-refractivity contribution in [3.05, 3.63) is 32.8 Å². The highest BCUT2D eigenvalue weighted by Gasteiger charge is 2.11. The number of hydrogen-bond acceptors (Lipinski definition) is 3. The minimum absolute atomic E-state index is 0.0741. The third-order valence-corrected chi connectivity index (χ3v) is 2.44. The quantitative estimate of drug-likeness (QED) is 0.662. The summed E-state index contributed by atoms with van der Waals surface area (Å²) in [7, 11) is 0. The molecule has 1 rings (SSSR count). The summed E-state index contributed by atoms with van der Waals surface area (Å²) in [5, 5.41) is 15.6. The largest absolute Gasteiger partial charge is 0.338 e. The van der Waals surface area contributed by atoms with Crippen LogP contribution in [0, 0.1) is 10.1 Å². The number of rotatable bonds is 3. The molecule has 0 aliphatic rings. The lowest BCUT2D eigenvalue weighted by Gasteiger charge is -2.07. The number of anilines is 1. The van der Waals surface area contributed by atoms with Crippen molar-refractivity contribution in [3.8, 4) is 0 Å². The molecule has 0 unspecified atom stereocenters. The van der Waals surface area contributed by atoms with Gasteiger partial charge in [-0.15, -0.1) is 0 Å². The molecule has 0 fully saturated rings. The van der Waals surface area contributed by atoms with E-state index in [4.69, 9.17) is 0 Å². The zero-order valence-electron chi connectivity index (χ0n) is 8.49. The molecule has 6 nitrogen and oxygen atoms in total. The van der Waals surface area contributed by atoms with Crippen molar-refractivity contribution in [1.82, 2.24) is 5.32 Å². The highest BCUT2D eigenvalue weighted by molar-refractivity contribution is 9.10. The molecule has 0 aromatic heterocycles. The van der Waals surface area contributed by atoms with Crippen LogP contribution >= 0.6 is 15.9 Å². The van der Waals surface area contributed by atoms with Crippen molar-refractivity contribution in [2.75, 3.05) is 11.9 Å². The first kappa shape index (κ1) is 12.4. The minimum atomic E-state index is -0.519. The number of hydrogen-bond donors (Lipinski definition) is 2. The van der Waals surface area contributed by atoms with Gasteiger partial charge in [0.1, 0.15) is 0 Å². The van der Waals surface area contributed by atoms with Gasteiger partial charge in [-0.1, -0.05) is 0 Å². The second-order valence-corrected chi connectivity index (χ2v) is 3.76. The smallest absolute Gasteiger partial charge is 0.319 e.